The van der Waals surface area contributed by atoms with Crippen molar-refractivity contribution in [2.45, 2.75) is 44.6 Å². The smallest absolute Gasteiger partial charge is 0.177 e. The van der Waals surface area contributed by atoms with Crippen molar-refractivity contribution in [3.63, 3.8) is 0 Å². The largest absolute Gasteiger partial charge is 0.318 e. The lowest BCUT2D eigenvalue weighted by Gasteiger charge is -2.16. The minimum atomic E-state index is 0.620. The van der Waals surface area contributed by atoms with Gasteiger partial charge >= 0.3 is 0 Å². The summed E-state index contributed by atoms with van der Waals surface area (Å²) in [6.45, 7) is 0. The molecule has 1 radical (unpaired) electrons. The molecule has 1 saturated carbocycles. The molecular formula is C14H17N2. The Kier molecular flexibility index (Phi) is 2.65. The molecule has 0 atom stereocenters. The van der Waals surface area contributed by atoms with Crippen LogP contribution < -0.4 is 0 Å². The first-order chi connectivity index (χ1) is 7.95. The summed E-state index contributed by atoms with van der Waals surface area (Å²) in [6, 6.07) is 8.98. The zero-order valence-electron chi connectivity index (χ0n) is 9.52. The molecule has 0 unspecified atom stereocenters. The predicted molar refractivity (Wildman–Crippen MR) is 65.3 cm³/mol. The van der Waals surface area contributed by atoms with Crippen molar-refractivity contribution in [1.29, 1.82) is 0 Å². The lowest BCUT2D eigenvalue weighted by atomic mass is 10.1. The summed E-state index contributed by atoms with van der Waals surface area (Å²) < 4.78 is 2.26. The number of rotatable bonds is 1. The van der Waals surface area contributed by atoms with Crippen LogP contribution in [0.2, 0.25) is 0 Å². The van der Waals surface area contributed by atoms with E-state index < -0.39 is 0 Å². The Balaban J connectivity index is 1.97. The first-order valence-electron chi connectivity index (χ1n) is 6.30. The summed E-state index contributed by atoms with van der Waals surface area (Å²) in [6.07, 6.45) is 11.2. The van der Waals surface area contributed by atoms with E-state index in [1.165, 1.54) is 44.0 Å². The van der Waals surface area contributed by atoms with Crippen LogP contribution in [0, 0.1) is 6.33 Å². The Bertz CT molecular complexity index is 464. The predicted octanol–water partition coefficient (Wildman–Crippen LogP) is 3.73. The van der Waals surface area contributed by atoms with Gasteiger partial charge in [0, 0.05) is 6.04 Å². The van der Waals surface area contributed by atoms with E-state index in [1.54, 1.807) is 0 Å². The fourth-order valence-corrected chi connectivity index (χ4v) is 2.72. The summed E-state index contributed by atoms with van der Waals surface area (Å²) in [7, 11) is 0. The normalized spacial score (nSPS) is 18.8. The average Bonchev–Trinajstić information content (AvgIpc) is 2.57. The number of benzene rings is 1. The van der Waals surface area contributed by atoms with Gasteiger partial charge in [0.1, 0.15) is 0 Å². The van der Waals surface area contributed by atoms with E-state index in [4.69, 9.17) is 0 Å². The van der Waals surface area contributed by atoms with Gasteiger partial charge in [-0.25, -0.2) is 4.98 Å². The van der Waals surface area contributed by atoms with E-state index in [1.807, 2.05) is 6.07 Å². The fraction of sp³-hybridized carbons (Fsp3) is 0.500. The van der Waals surface area contributed by atoms with E-state index in [9.17, 15) is 0 Å². The molecule has 1 heterocycles. The Hall–Kier alpha value is -1.31. The molecule has 83 valence electrons. The second-order valence-electron chi connectivity index (χ2n) is 4.72. The van der Waals surface area contributed by atoms with Crippen LogP contribution in [0.15, 0.2) is 24.3 Å². The van der Waals surface area contributed by atoms with Crippen LogP contribution >= 0.6 is 0 Å². The lowest BCUT2D eigenvalue weighted by Crippen LogP contribution is -2.06. The molecule has 0 N–H and O–H groups in total. The second kappa shape index (κ2) is 4.28. The number of aromatic nitrogens is 2. The first-order valence-corrected chi connectivity index (χ1v) is 6.30. The van der Waals surface area contributed by atoms with Crippen molar-refractivity contribution in [2.75, 3.05) is 0 Å². The molecule has 1 aromatic carbocycles. The molecule has 0 amide bonds. The van der Waals surface area contributed by atoms with Crippen LogP contribution in [0.3, 0.4) is 0 Å². The van der Waals surface area contributed by atoms with Gasteiger partial charge in [-0.1, -0.05) is 37.8 Å². The van der Waals surface area contributed by atoms with Gasteiger partial charge in [0.15, 0.2) is 6.33 Å². The van der Waals surface area contributed by atoms with Crippen molar-refractivity contribution >= 4 is 11.0 Å². The molecule has 2 nitrogen and oxygen atoms in total. The third-order valence-corrected chi connectivity index (χ3v) is 3.61. The highest BCUT2D eigenvalue weighted by atomic mass is 15.1. The van der Waals surface area contributed by atoms with Crippen LogP contribution in [0.5, 0.6) is 0 Å². The number of hydrogen-bond acceptors (Lipinski definition) is 1. The minimum Gasteiger partial charge on any atom is -0.318 e. The Morgan fingerprint density at radius 1 is 1.06 bits per heavy atom. The summed E-state index contributed by atoms with van der Waals surface area (Å²) in [5.41, 5.74) is 2.32. The van der Waals surface area contributed by atoms with Crippen LogP contribution in [0.25, 0.3) is 11.0 Å². The highest BCUT2D eigenvalue weighted by Gasteiger charge is 2.16. The molecule has 2 heteroatoms. The number of imidazole rings is 1. The third kappa shape index (κ3) is 1.73. The highest BCUT2D eigenvalue weighted by Crippen LogP contribution is 2.29. The summed E-state index contributed by atoms with van der Waals surface area (Å²) >= 11 is 0. The maximum Gasteiger partial charge on any atom is 0.177 e. The molecule has 0 spiro atoms. The molecule has 3 rings (SSSR count). The highest BCUT2D eigenvalue weighted by molar-refractivity contribution is 5.74. The van der Waals surface area contributed by atoms with E-state index >= 15 is 0 Å². The van der Waals surface area contributed by atoms with Crippen molar-refractivity contribution in [1.82, 2.24) is 9.55 Å². The number of nitrogens with zero attached hydrogens (tertiary/aromatic N) is 2. The lowest BCUT2D eigenvalue weighted by molar-refractivity contribution is 0.451. The monoisotopic (exact) mass is 213 g/mol. The van der Waals surface area contributed by atoms with Crippen molar-refractivity contribution < 1.29 is 0 Å². The number of hydrogen-bond donors (Lipinski definition) is 0. The fourth-order valence-electron chi connectivity index (χ4n) is 2.72. The van der Waals surface area contributed by atoms with Gasteiger partial charge < -0.3 is 4.57 Å². The van der Waals surface area contributed by atoms with Crippen LogP contribution in [0.4, 0.5) is 0 Å². The second-order valence-corrected chi connectivity index (χ2v) is 4.72. The van der Waals surface area contributed by atoms with E-state index in [0.29, 0.717) is 6.04 Å². The number of fused-ring (bicyclic) bond motifs is 1. The Labute approximate surface area is 96.3 Å². The quantitative estimate of drug-likeness (QED) is 0.660. The summed E-state index contributed by atoms with van der Waals surface area (Å²) in [5, 5.41) is 0. The Morgan fingerprint density at radius 2 is 1.81 bits per heavy atom. The van der Waals surface area contributed by atoms with Crippen LogP contribution in [-0.2, 0) is 0 Å². The topological polar surface area (TPSA) is 17.8 Å². The molecule has 0 aliphatic heterocycles. The minimum absolute atomic E-state index is 0.620. The van der Waals surface area contributed by atoms with Gasteiger partial charge in [0.25, 0.3) is 0 Å². The Morgan fingerprint density at radius 3 is 2.62 bits per heavy atom. The van der Waals surface area contributed by atoms with Crippen molar-refractivity contribution in [3.05, 3.63) is 30.6 Å². The van der Waals surface area contributed by atoms with Crippen LogP contribution in [0.1, 0.15) is 44.6 Å². The van der Waals surface area contributed by atoms with Gasteiger partial charge in [0.05, 0.1) is 11.0 Å². The first kappa shape index (κ1) is 9.88. The van der Waals surface area contributed by atoms with E-state index in [0.717, 1.165) is 5.52 Å². The van der Waals surface area contributed by atoms with Crippen molar-refractivity contribution in [2.24, 2.45) is 0 Å². The van der Waals surface area contributed by atoms with E-state index in [2.05, 4.69) is 34.1 Å². The molecule has 16 heavy (non-hydrogen) atoms. The summed E-state index contributed by atoms with van der Waals surface area (Å²) in [5.74, 6) is 0. The zero-order chi connectivity index (χ0) is 10.8. The average molecular weight is 213 g/mol. The maximum atomic E-state index is 4.36. The molecule has 1 aliphatic carbocycles. The van der Waals surface area contributed by atoms with Crippen LogP contribution in [-0.4, -0.2) is 9.55 Å². The molecule has 0 bridgehead atoms. The van der Waals surface area contributed by atoms with Gasteiger partial charge in [-0.2, -0.15) is 0 Å². The molecule has 2 aromatic rings. The van der Waals surface area contributed by atoms with Gasteiger partial charge in [-0.15, -0.1) is 0 Å². The van der Waals surface area contributed by atoms with Gasteiger partial charge in [-0.05, 0) is 25.0 Å². The van der Waals surface area contributed by atoms with Crippen molar-refractivity contribution in [3.8, 4) is 0 Å². The van der Waals surface area contributed by atoms with E-state index in [-0.39, 0.29) is 0 Å². The molecule has 1 aromatic heterocycles. The summed E-state index contributed by atoms with van der Waals surface area (Å²) in [4.78, 5) is 4.36. The molecule has 1 aliphatic rings. The van der Waals surface area contributed by atoms with Gasteiger partial charge in [-0.3, -0.25) is 0 Å². The molecule has 0 saturated heterocycles. The maximum absolute atomic E-state index is 4.36. The third-order valence-electron chi connectivity index (χ3n) is 3.61. The molecule has 1 fully saturated rings. The molecular weight excluding hydrogens is 196 g/mol. The standard InChI is InChI=1S/C14H17N2/c1-2-4-8-12(7-3-1)16-11-15-13-9-5-6-10-14(13)16/h5-6,9-10,12H,1-4,7-8H2. The number of para-hydroxylation sites is 2. The zero-order valence-corrected chi connectivity index (χ0v) is 9.52. The van der Waals surface area contributed by atoms with Gasteiger partial charge in [0.2, 0.25) is 0 Å². The SMILES string of the molecule is [c]1nc2ccccc2n1C1CCCCCC1.